The minimum absolute atomic E-state index is 0.0249. The van der Waals surface area contributed by atoms with Crippen LogP contribution in [0, 0.1) is 10.1 Å². The second kappa shape index (κ2) is 6.34. The number of carbonyl (C=O) groups is 2. The number of non-ortho nitro benzene ring substituents is 1. The fourth-order valence-electron chi connectivity index (χ4n) is 2.44. The molecule has 2 rings (SSSR count). The van der Waals surface area contributed by atoms with Crippen LogP contribution < -0.4 is 0 Å². The zero-order valence-corrected chi connectivity index (χ0v) is 11.7. The molecule has 112 valence electrons. The first kappa shape index (κ1) is 15.0. The van der Waals surface area contributed by atoms with Gasteiger partial charge in [0.25, 0.3) is 5.69 Å². The number of carbonyl (C=O) groups excluding carboxylic acids is 2. The van der Waals surface area contributed by atoms with E-state index in [4.69, 9.17) is 0 Å². The smallest absolute Gasteiger partial charge is 0.325 e. The maximum atomic E-state index is 12.0. The number of benzene rings is 1. The van der Waals surface area contributed by atoms with Crippen molar-refractivity contribution in [3.05, 3.63) is 39.9 Å². The molecule has 21 heavy (non-hydrogen) atoms. The highest BCUT2D eigenvalue weighted by Crippen LogP contribution is 2.30. The molecule has 1 aliphatic heterocycles. The normalized spacial score (nSPS) is 18.4. The second-order valence-electron chi connectivity index (χ2n) is 4.93. The third kappa shape index (κ3) is 3.56. The van der Waals surface area contributed by atoms with E-state index in [-0.39, 0.29) is 30.5 Å². The Bertz CT molecular complexity index is 572. The number of amides is 1. The van der Waals surface area contributed by atoms with Gasteiger partial charge in [0.1, 0.15) is 6.54 Å². The number of nitro benzene ring substituents is 1. The van der Waals surface area contributed by atoms with Crippen LogP contribution in [0.5, 0.6) is 0 Å². The molecule has 7 nitrogen and oxygen atoms in total. The van der Waals surface area contributed by atoms with Crippen molar-refractivity contribution in [3.8, 4) is 0 Å². The fourth-order valence-corrected chi connectivity index (χ4v) is 2.44. The van der Waals surface area contributed by atoms with Gasteiger partial charge in [-0.3, -0.25) is 19.7 Å². The van der Waals surface area contributed by atoms with Crippen molar-refractivity contribution in [3.63, 3.8) is 0 Å². The summed E-state index contributed by atoms with van der Waals surface area (Å²) < 4.78 is 4.55. The molecule has 0 saturated carbocycles. The van der Waals surface area contributed by atoms with Crippen LogP contribution in [0.15, 0.2) is 24.3 Å². The zero-order valence-electron chi connectivity index (χ0n) is 11.7. The number of likely N-dealkylation sites (tertiary alicyclic amines) is 1. The lowest BCUT2D eigenvalue weighted by Gasteiger charge is -2.31. The van der Waals surface area contributed by atoms with Crippen LogP contribution in [0.25, 0.3) is 0 Å². The van der Waals surface area contributed by atoms with E-state index in [9.17, 15) is 19.7 Å². The average Bonchev–Trinajstić information content (AvgIpc) is 2.49. The molecule has 1 aromatic rings. The molecule has 1 fully saturated rings. The first-order valence-electron chi connectivity index (χ1n) is 6.60. The predicted octanol–water partition coefficient (Wildman–Crippen LogP) is 1.47. The molecule has 1 amide bonds. The van der Waals surface area contributed by atoms with Crippen LogP contribution in [-0.4, -0.2) is 41.9 Å². The van der Waals surface area contributed by atoms with Gasteiger partial charge < -0.3 is 9.64 Å². The van der Waals surface area contributed by atoms with Crippen LogP contribution in [0.1, 0.15) is 24.3 Å². The Labute approximate surface area is 121 Å². The summed E-state index contributed by atoms with van der Waals surface area (Å²) in [5, 5.41) is 10.8. The molecule has 0 N–H and O–H groups in total. The summed E-state index contributed by atoms with van der Waals surface area (Å²) in [5.74, 6) is -0.633. The summed E-state index contributed by atoms with van der Waals surface area (Å²) in [6.07, 6.45) is 0.919. The van der Waals surface area contributed by atoms with Crippen LogP contribution >= 0.6 is 0 Å². The van der Waals surface area contributed by atoms with Gasteiger partial charge in [0.05, 0.1) is 12.0 Å². The van der Waals surface area contributed by atoms with Crippen molar-refractivity contribution in [2.24, 2.45) is 0 Å². The van der Waals surface area contributed by atoms with Crippen molar-refractivity contribution in [2.75, 3.05) is 20.2 Å². The second-order valence-corrected chi connectivity index (χ2v) is 4.93. The van der Waals surface area contributed by atoms with Gasteiger partial charge in [-0.2, -0.15) is 0 Å². The molecule has 1 heterocycles. The highest BCUT2D eigenvalue weighted by molar-refractivity contribution is 5.83. The molecule has 0 aromatic heterocycles. The minimum Gasteiger partial charge on any atom is -0.468 e. The summed E-state index contributed by atoms with van der Waals surface area (Å²) in [4.78, 5) is 35.0. The quantitative estimate of drug-likeness (QED) is 0.476. The maximum absolute atomic E-state index is 12.0. The van der Waals surface area contributed by atoms with E-state index < -0.39 is 10.9 Å². The molecule has 0 spiro atoms. The largest absolute Gasteiger partial charge is 0.468 e. The van der Waals surface area contributed by atoms with E-state index in [1.807, 2.05) is 0 Å². The summed E-state index contributed by atoms with van der Waals surface area (Å²) in [6, 6.07) is 6.35. The standard InChI is InChI=1S/C14H16N2O5/c1-21-14(18)9-15-6-5-11(8-13(15)17)10-3-2-4-12(7-10)16(19)20/h2-4,7,11H,5-6,8-9H2,1H3/t11-/m1/s1. The molecule has 0 unspecified atom stereocenters. The number of rotatable bonds is 4. The molecule has 0 bridgehead atoms. The Balaban J connectivity index is 2.05. The van der Waals surface area contributed by atoms with Gasteiger partial charge in [0.2, 0.25) is 5.91 Å². The monoisotopic (exact) mass is 292 g/mol. The van der Waals surface area contributed by atoms with Crippen molar-refractivity contribution in [1.82, 2.24) is 4.90 Å². The van der Waals surface area contributed by atoms with Gasteiger partial charge in [-0.15, -0.1) is 0 Å². The molecule has 1 atom stereocenters. The van der Waals surface area contributed by atoms with Crippen molar-refractivity contribution < 1.29 is 19.2 Å². The molecule has 7 heteroatoms. The van der Waals surface area contributed by atoms with Gasteiger partial charge in [-0.1, -0.05) is 12.1 Å². The first-order chi connectivity index (χ1) is 10.0. The Morgan fingerprint density at radius 2 is 2.29 bits per heavy atom. The molecule has 1 aliphatic rings. The van der Waals surface area contributed by atoms with E-state index in [0.29, 0.717) is 13.0 Å². The minimum atomic E-state index is -0.447. The summed E-state index contributed by atoms with van der Waals surface area (Å²) in [5.41, 5.74) is 0.812. The lowest BCUT2D eigenvalue weighted by molar-refractivity contribution is -0.384. The summed E-state index contributed by atoms with van der Waals surface area (Å²) in [6.45, 7) is 0.401. The van der Waals surface area contributed by atoms with Crippen molar-refractivity contribution in [2.45, 2.75) is 18.8 Å². The van der Waals surface area contributed by atoms with E-state index in [1.165, 1.54) is 24.1 Å². The topological polar surface area (TPSA) is 89.8 Å². The number of nitro groups is 1. The third-order valence-corrected chi connectivity index (χ3v) is 3.62. The highest BCUT2D eigenvalue weighted by atomic mass is 16.6. The van der Waals surface area contributed by atoms with Crippen LogP contribution in [0.2, 0.25) is 0 Å². The molecule has 0 radical (unpaired) electrons. The first-order valence-corrected chi connectivity index (χ1v) is 6.60. The highest BCUT2D eigenvalue weighted by Gasteiger charge is 2.28. The van der Waals surface area contributed by atoms with E-state index in [2.05, 4.69) is 4.74 Å². The van der Waals surface area contributed by atoms with Gasteiger partial charge in [-0.25, -0.2) is 0 Å². The molecule has 1 saturated heterocycles. The van der Waals surface area contributed by atoms with Gasteiger partial charge in [-0.05, 0) is 17.9 Å². The third-order valence-electron chi connectivity index (χ3n) is 3.62. The predicted molar refractivity (Wildman–Crippen MR) is 73.7 cm³/mol. The Morgan fingerprint density at radius 1 is 1.52 bits per heavy atom. The SMILES string of the molecule is COC(=O)CN1CC[C@@H](c2cccc([N+](=O)[O-])c2)CC1=O. The number of nitrogens with zero attached hydrogens (tertiary/aromatic N) is 2. The number of hydrogen-bond acceptors (Lipinski definition) is 5. The molecular formula is C14H16N2O5. The van der Waals surface area contributed by atoms with Crippen molar-refractivity contribution in [1.29, 1.82) is 0 Å². The fraction of sp³-hybridized carbons (Fsp3) is 0.429. The molecular weight excluding hydrogens is 276 g/mol. The molecule has 0 aliphatic carbocycles. The number of ether oxygens (including phenoxy) is 1. The van der Waals surface area contributed by atoms with Gasteiger partial charge >= 0.3 is 5.97 Å². The summed E-state index contributed by atoms with van der Waals surface area (Å²) >= 11 is 0. The van der Waals surface area contributed by atoms with Gasteiger partial charge in [0, 0.05) is 25.1 Å². The zero-order chi connectivity index (χ0) is 15.4. The van der Waals surface area contributed by atoms with Crippen LogP contribution in [0.3, 0.4) is 0 Å². The molecule has 1 aromatic carbocycles. The van der Waals surface area contributed by atoms with Gasteiger partial charge in [0.15, 0.2) is 0 Å². The van der Waals surface area contributed by atoms with E-state index >= 15 is 0 Å². The Morgan fingerprint density at radius 3 is 2.90 bits per heavy atom. The average molecular weight is 292 g/mol. The Hall–Kier alpha value is -2.44. The van der Waals surface area contributed by atoms with Crippen LogP contribution in [0.4, 0.5) is 5.69 Å². The van der Waals surface area contributed by atoms with E-state index in [1.54, 1.807) is 12.1 Å². The number of hydrogen-bond donors (Lipinski definition) is 0. The van der Waals surface area contributed by atoms with E-state index in [0.717, 1.165) is 5.56 Å². The van der Waals surface area contributed by atoms with Crippen molar-refractivity contribution >= 4 is 17.6 Å². The Kier molecular flexibility index (Phi) is 4.52. The summed E-state index contributed by atoms with van der Waals surface area (Å²) in [7, 11) is 1.28. The number of methoxy groups -OCH3 is 1. The maximum Gasteiger partial charge on any atom is 0.325 e. The lowest BCUT2D eigenvalue weighted by Crippen LogP contribution is -2.41. The van der Waals surface area contributed by atoms with Crippen LogP contribution in [-0.2, 0) is 14.3 Å². The number of piperidine rings is 1. The lowest BCUT2D eigenvalue weighted by atomic mass is 9.89. The number of esters is 1.